The number of aromatic nitrogens is 1. The van der Waals surface area contributed by atoms with E-state index in [1.165, 1.54) is 12.3 Å². The number of hydrogen-bond donors (Lipinski definition) is 1. The number of nitrogens with one attached hydrogen (secondary N) is 1. The minimum Gasteiger partial charge on any atom is -0.441 e. The molecule has 4 rings (SSSR count). The Morgan fingerprint density at radius 2 is 1.79 bits per heavy atom. The number of rotatable bonds is 7. The quantitative estimate of drug-likeness (QED) is 0.567. The first-order valence-corrected chi connectivity index (χ1v) is 11.1. The highest BCUT2D eigenvalue weighted by Crippen LogP contribution is 2.24. The highest BCUT2D eigenvalue weighted by Gasteiger charge is 2.23. The SMILES string of the molecule is O=C(CN1CCN(C(=O)CCc2ncc(-c3ccccc3F)o2)CC1)Nc1ccccc1Cl. The van der Waals surface area contributed by atoms with Crippen LogP contribution in [0, 0.1) is 5.82 Å². The van der Waals surface area contributed by atoms with Gasteiger partial charge in [-0.25, -0.2) is 9.37 Å². The molecule has 7 nitrogen and oxygen atoms in total. The number of carbonyl (C=O) groups is 2. The van der Waals surface area contributed by atoms with Crippen LogP contribution in [0.3, 0.4) is 0 Å². The van der Waals surface area contributed by atoms with E-state index in [4.69, 9.17) is 16.0 Å². The third-order valence-electron chi connectivity index (χ3n) is 5.49. The topological polar surface area (TPSA) is 78.7 Å². The van der Waals surface area contributed by atoms with Crippen LogP contribution in [0.4, 0.5) is 10.1 Å². The van der Waals surface area contributed by atoms with Crippen LogP contribution in [0.1, 0.15) is 12.3 Å². The lowest BCUT2D eigenvalue weighted by molar-refractivity contribution is -0.133. The first-order valence-electron chi connectivity index (χ1n) is 10.7. The number of piperazine rings is 1. The van der Waals surface area contributed by atoms with E-state index < -0.39 is 0 Å². The maximum Gasteiger partial charge on any atom is 0.238 e. The van der Waals surface area contributed by atoms with Gasteiger partial charge in [-0.2, -0.15) is 0 Å². The van der Waals surface area contributed by atoms with Crippen molar-refractivity contribution in [2.24, 2.45) is 0 Å². The van der Waals surface area contributed by atoms with Crippen LogP contribution in [0.5, 0.6) is 0 Å². The zero-order valence-corrected chi connectivity index (χ0v) is 18.7. The number of halogens is 2. The molecule has 2 amide bonds. The molecule has 3 aromatic rings. The normalized spacial score (nSPS) is 14.3. The Morgan fingerprint density at radius 3 is 2.55 bits per heavy atom. The van der Waals surface area contributed by atoms with E-state index in [-0.39, 0.29) is 30.6 Å². The number of para-hydroxylation sites is 1. The molecule has 1 aliphatic heterocycles. The fourth-order valence-corrected chi connectivity index (χ4v) is 3.88. The van der Waals surface area contributed by atoms with Gasteiger partial charge in [0.1, 0.15) is 5.82 Å². The summed E-state index contributed by atoms with van der Waals surface area (Å²) in [6.45, 7) is 2.55. The molecule has 1 N–H and O–H groups in total. The van der Waals surface area contributed by atoms with Crippen molar-refractivity contribution in [3.8, 4) is 11.3 Å². The predicted molar refractivity (Wildman–Crippen MR) is 123 cm³/mol. The lowest BCUT2D eigenvalue weighted by Crippen LogP contribution is -2.50. The van der Waals surface area contributed by atoms with Crippen molar-refractivity contribution in [3.05, 3.63) is 71.5 Å². The van der Waals surface area contributed by atoms with Gasteiger partial charge in [0.25, 0.3) is 0 Å². The molecular weight excluding hydrogens is 447 g/mol. The lowest BCUT2D eigenvalue weighted by atomic mass is 10.2. The average Bonchev–Trinajstić information content (AvgIpc) is 3.28. The molecule has 1 fully saturated rings. The third-order valence-corrected chi connectivity index (χ3v) is 5.82. The molecule has 0 atom stereocenters. The summed E-state index contributed by atoms with van der Waals surface area (Å²) in [5, 5.41) is 3.31. The van der Waals surface area contributed by atoms with Gasteiger partial charge in [0.2, 0.25) is 11.8 Å². The highest BCUT2D eigenvalue weighted by atomic mass is 35.5. The molecule has 1 aromatic heterocycles. The van der Waals surface area contributed by atoms with Crippen molar-refractivity contribution in [1.29, 1.82) is 0 Å². The molecule has 1 aliphatic rings. The van der Waals surface area contributed by atoms with Crippen LogP contribution in [0.25, 0.3) is 11.3 Å². The van der Waals surface area contributed by atoms with Crippen LogP contribution in [0.2, 0.25) is 5.02 Å². The smallest absolute Gasteiger partial charge is 0.238 e. The number of benzene rings is 2. The molecule has 1 saturated heterocycles. The van der Waals surface area contributed by atoms with Gasteiger partial charge in [-0.05, 0) is 24.3 Å². The van der Waals surface area contributed by atoms with E-state index in [1.54, 1.807) is 41.3 Å². The molecule has 33 heavy (non-hydrogen) atoms. The van der Waals surface area contributed by atoms with Gasteiger partial charge in [0.15, 0.2) is 11.7 Å². The van der Waals surface area contributed by atoms with Crippen LogP contribution in [-0.4, -0.2) is 59.3 Å². The van der Waals surface area contributed by atoms with Gasteiger partial charge >= 0.3 is 0 Å². The number of carbonyl (C=O) groups excluding carboxylic acids is 2. The fraction of sp³-hybridized carbons (Fsp3) is 0.292. The first-order chi connectivity index (χ1) is 16.0. The molecule has 2 heterocycles. The Balaban J connectivity index is 1.21. The first kappa shape index (κ1) is 22.9. The second kappa shape index (κ2) is 10.6. The van der Waals surface area contributed by atoms with Gasteiger partial charge in [-0.15, -0.1) is 0 Å². The summed E-state index contributed by atoms with van der Waals surface area (Å²) in [7, 11) is 0. The number of oxazole rings is 1. The van der Waals surface area contributed by atoms with Gasteiger partial charge in [0.05, 0.1) is 29.0 Å². The summed E-state index contributed by atoms with van der Waals surface area (Å²) in [4.78, 5) is 32.8. The number of nitrogens with zero attached hydrogens (tertiary/aromatic N) is 3. The van der Waals surface area contributed by atoms with E-state index in [0.29, 0.717) is 60.5 Å². The van der Waals surface area contributed by atoms with Crippen LogP contribution < -0.4 is 5.32 Å². The molecule has 9 heteroatoms. The molecule has 0 unspecified atom stereocenters. The average molecular weight is 471 g/mol. The molecular formula is C24H24ClFN4O3. The largest absolute Gasteiger partial charge is 0.441 e. The van der Waals surface area contributed by atoms with Crippen molar-refractivity contribution in [2.45, 2.75) is 12.8 Å². The van der Waals surface area contributed by atoms with Crippen molar-refractivity contribution in [1.82, 2.24) is 14.8 Å². The Kier molecular flexibility index (Phi) is 7.36. The minimum absolute atomic E-state index is 0.000751. The minimum atomic E-state index is -0.380. The Labute approximate surface area is 196 Å². The van der Waals surface area contributed by atoms with Gasteiger partial charge in [0, 0.05) is 39.0 Å². The van der Waals surface area contributed by atoms with Crippen molar-refractivity contribution >= 4 is 29.1 Å². The summed E-state index contributed by atoms with van der Waals surface area (Å²) in [6, 6.07) is 13.4. The summed E-state index contributed by atoms with van der Waals surface area (Å²) >= 11 is 6.08. The van der Waals surface area contributed by atoms with Crippen LogP contribution in [-0.2, 0) is 16.0 Å². The van der Waals surface area contributed by atoms with Crippen LogP contribution in [0.15, 0.2) is 59.1 Å². The van der Waals surface area contributed by atoms with Crippen LogP contribution >= 0.6 is 11.6 Å². The van der Waals surface area contributed by atoms with E-state index >= 15 is 0 Å². The molecule has 0 spiro atoms. The van der Waals surface area contributed by atoms with Gasteiger partial charge < -0.3 is 14.6 Å². The molecule has 0 saturated carbocycles. The summed E-state index contributed by atoms with van der Waals surface area (Å²) < 4.78 is 19.5. The fourth-order valence-electron chi connectivity index (χ4n) is 3.69. The summed E-state index contributed by atoms with van der Waals surface area (Å²) in [5.41, 5.74) is 0.931. The maximum atomic E-state index is 13.9. The zero-order chi connectivity index (χ0) is 23.2. The van der Waals surface area contributed by atoms with E-state index in [2.05, 4.69) is 10.3 Å². The number of hydrogen-bond acceptors (Lipinski definition) is 5. The van der Waals surface area contributed by atoms with Gasteiger partial charge in [-0.1, -0.05) is 35.9 Å². The Bertz CT molecular complexity index is 1130. The van der Waals surface area contributed by atoms with E-state index in [9.17, 15) is 14.0 Å². The Hall–Kier alpha value is -3.23. The molecule has 0 bridgehead atoms. The van der Waals surface area contributed by atoms with Gasteiger partial charge in [-0.3, -0.25) is 14.5 Å². The molecule has 0 radical (unpaired) electrons. The second-order valence-corrected chi connectivity index (χ2v) is 8.19. The van der Waals surface area contributed by atoms with E-state index in [0.717, 1.165) is 0 Å². The van der Waals surface area contributed by atoms with E-state index in [1.807, 2.05) is 11.0 Å². The summed E-state index contributed by atoms with van der Waals surface area (Å²) in [5.74, 6) is 0.226. The zero-order valence-electron chi connectivity index (χ0n) is 18.0. The Morgan fingerprint density at radius 1 is 1.06 bits per heavy atom. The predicted octanol–water partition coefficient (Wildman–Crippen LogP) is 3.85. The lowest BCUT2D eigenvalue weighted by Gasteiger charge is -2.34. The molecule has 172 valence electrons. The maximum absolute atomic E-state index is 13.9. The van der Waals surface area contributed by atoms with Crippen molar-refractivity contribution < 1.29 is 18.4 Å². The summed E-state index contributed by atoms with van der Waals surface area (Å²) in [6.07, 6.45) is 2.07. The van der Waals surface area contributed by atoms with Crippen molar-refractivity contribution in [2.75, 3.05) is 38.0 Å². The standard InChI is InChI=1S/C24H24ClFN4O3/c25-18-6-2-4-8-20(18)28-22(31)16-29-11-13-30(14-12-29)24(32)10-9-23-27-15-21(33-23)17-5-1-3-7-19(17)26/h1-8,15H,9-14,16H2,(H,28,31). The number of anilines is 1. The monoisotopic (exact) mass is 470 g/mol. The second-order valence-electron chi connectivity index (χ2n) is 7.78. The number of aryl methyl sites for hydroxylation is 1. The molecule has 0 aliphatic carbocycles. The third kappa shape index (κ3) is 5.97. The van der Waals surface area contributed by atoms with Crippen molar-refractivity contribution in [3.63, 3.8) is 0 Å². The number of amides is 2. The molecule has 2 aromatic carbocycles. The highest BCUT2D eigenvalue weighted by molar-refractivity contribution is 6.33.